The fraction of sp³-hybridized carbons (Fsp3) is 0.278. The normalized spacial score (nSPS) is 13.8. The van der Waals surface area contributed by atoms with Gasteiger partial charge in [0, 0.05) is 24.3 Å². The van der Waals surface area contributed by atoms with Gasteiger partial charge in [0.1, 0.15) is 17.3 Å². The predicted molar refractivity (Wildman–Crippen MR) is 96.2 cm³/mol. The SMILES string of the molecule is Nc1c2c(cc(=O)n1-c1cc(OCC(F)(F)F)cc(OCC(F)(F)C(F)F)c1)C(=O)NC2=O. The molecule has 0 aliphatic carbocycles. The Balaban J connectivity index is 2.09. The Morgan fingerprint density at radius 2 is 1.48 bits per heavy atom. The number of alkyl halides is 7. The summed E-state index contributed by atoms with van der Waals surface area (Å²) in [5.74, 6) is -8.38. The first-order valence-electron chi connectivity index (χ1n) is 8.74. The molecule has 1 aliphatic heterocycles. The number of benzene rings is 1. The molecule has 1 aliphatic rings. The molecule has 2 heterocycles. The molecule has 0 unspecified atom stereocenters. The maximum atomic E-state index is 13.2. The van der Waals surface area contributed by atoms with Crippen molar-refractivity contribution >= 4 is 17.6 Å². The number of ether oxygens (including phenoxy) is 2. The van der Waals surface area contributed by atoms with Crippen molar-refractivity contribution in [1.29, 1.82) is 0 Å². The maximum absolute atomic E-state index is 13.2. The van der Waals surface area contributed by atoms with E-state index in [0.717, 1.165) is 18.2 Å². The van der Waals surface area contributed by atoms with Crippen LogP contribution >= 0.6 is 0 Å². The number of amides is 2. The average molecular weight is 483 g/mol. The van der Waals surface area contributed by atoms with Crippen LogP contribution in [0.15, 0.2) is 29.1 Å². The van der Waals surface area contributed by atoms with Crippen molar-refractivity contribution in [3.05, 3.63) is 45.7 Å². The highest BCUT2D eigenvalue weighted by molar-refractivity contribution is 6.23. The Bertz CT molecular complexity index is 1180. The van der Waals surface area contributed by atoms with Crippen molar-refractivity contribution in [3.8, 4) is 17.2 Å². The van der Waals surface area contributed by atoms with Gasteiger partial charge in [-0.25, -0.2) is 8.78 Å². The summed E-state index contributed by atoms with van der Waals surface area (Å²) in [6.45, 7) is -3.67. The first kappa shape index (κ1) is 23.9. The Kier molecular flexibility index (Phi) is 6.00. The molecule has 3 N–H and O–H groups in total. The minimum Gasteiger partial charge on any atom is -0.487 e. The van der Waals surface area contributed by atoms with Crippen LogP contribution in [-0.4, -0.2) is 48.1 Å². The molecule has 0 fully saturated rings. The number of halogens is 7. The van der Waals surface area contributed by atoms with Crippen LogP contribution in [0.4, 0.5) is 36.6 Å². The number of nitrogens with zero attached hydrogens (tertiary/aromatic N) is 1. The summed E-state index contributed by atoms with van der Waals surface area (Å²) < 4.78 is 98.5. The predicted octanol–water partition coefficient (Wildman–Crippen LogP) is 2.52. The number of hydrogen-bond acceptors (Lipinski definition) is 6. The number of carbonyl (C=O) groups excluding carboxylic acids is 2. The monoisotopic (exact) mass is 483 g/mol. The topological polar surface area (TPSA) is 113 Å². The van der Waals surface area contributed by atoms with E-state index in [2.05, 4.69) is 9.47 Å². The van der Waals surface area contributed by atoms with Crippen LogP contribution in [0, 0.1) is 0 Å². The zero-order valence-electron chi connectivity index (χ0n) is 16.0. The lowest BCUT2D eigenvalue weighted by Gasteiger charge is -2.19. The fourth-order valence-electron chi connectivity index (χ4n) is 2.81. The molecule has 2 aromatic rings. The highest BCUT2D eigenvalue weighted by Crippen LogP contribution is 2.31. The zero-order chi connectivity index (χ0) is 24.7. The molecule has 8 nitrogen and oxygen atoms in total. The van der Waals surface area contributed by atoms with Crippen molar-refractivity contribution in [3.63, 3.8) is 0 Å². The average Bonchev–Trinajstić information content (AvgIpc) is 2.97. The number of nitrogen functional groups attached to an aromatic ring is 1. The van der Waals surface area contributed by atoms with Crippen molar-refractivity contribution in [2.45, 2.75) is 18.5 Å². The van der Waals surface area contributed by atoms with Gasteiger partial charge in [-0.3, -0.25) is 24.3 Å². The minimum atomic E-state index is -4.80. The Hall–Kier alpha value is -3.78. The van der Waals surface area contributed by atoms with E-state index in [1.54, 1.807) is 0 Å². The van der Waals surface area contributed by atoms with E-state index in [4.69, 9.17) is 5.73 Å². The van der Waals surface area contributed by atoms with E-state index in [1.165, 1.54) is 0 Å². The largest absolute Gasteiger partial charge is 0.487 e. The van der Waals surface area contributed by atoms with Crippen LogP contribution in [0.2, 0.25) is 0 Å². The van der Waals surface area contributed by atoms with Gasteiger partial charge in [0.15, 0.2) is 13.2 Å². The van der Waals surface area contributed by atoms with Gasteiger partial charge in [-0.05, 0) is 0 Å². The third kappa shape index (κ3) is 5.01. The summed E-state index contributed by atoms with van der Waals surface area (Å²) in [6.07, 6.45) is -8.89. The molecule has 1 aromatic heterocycles. The summed E-state index contributed by atoms with van der Waals surface area (Å²) >= 11 is 0. The summed E-state index contributed by atoms with van der Waals surface area (Å²) in [7, 11) is 0. The van der Waals surface area contributed by atoms with Gasteiger partial charge in [-0.2, -0.15) is 22.0 Å². The number of fused-ring (bicyclic) bond motifs is 1. The number of nitrogens with one attached hydrogen (secondary N) is 1. The van der Waals surface area contributed by atoms with Gasteiger partial charge in [0.05, 0.1) is 16.8 Å². The molecular weight excluding hydrogens is 471 g/mol. The smallest absolute Gasteiger partial charge is 0.422 e. The lowest BCUT2D eigenvalue weighted by molar-refractivity contribution is -0.153. The number of hydrogen-bond donors (Lipinski definition) is 2. The molecule has 33 heavy (non-hydrogen) atoms. The Labute approximate surface area is 178 Å². The number of aromatic nitrogens is 1. The van der Waals surface area contributed by atoms with Crippen LogP contribution in [0.25, 0.3) is 5.69 Å². The molecule has 2 amide bonds. The second-order valence-electron chi connectivity index (χ2n) is 6.69. The molecule has 3 rings (SSSR count). The number of carbonyl (C=O) groups is 2. The molecule has 0 bridgehead atoms. The molecule has 0 saturated heterocycles. The lowest BCUT2D eigenvalue weighted by Crippen LogP contribution is -2.33. The standard InChI is InChI=1S/C18H12F7N3O5/c19-16(20)17(21,22)5-32-8-1-7(2-9(3-8)33-6-18(23,24)25)28-11(29)4-10-12(13(28)26)15(31)27-14(10)30/h1-4,16H,5-6,26H2,(H,27,30,31). The van der Waals surface area contributed by atoms with Crippen molar-refractivity contribution in [2.75, 3.05) is 18.9 Å². The van der Waals surface area contributed by atoms with E-state index in [9.17, 15) is 45.1 Å². The Morgan fingerprint density at radius 1 is 0.909 bits per heavy atom. The molecule has 0 spiro atoms. The van der Waals surface area contributed by atoms with Crippen molar-refractivity contribution in [1.82, 2.24) is 9.88 Å². The maximum Gasteiger partial charge on any atom is 0.422 e. The highest BCUT2D eigenvalue weighted by atomic mass is 19.4. The molecule has 178 valence electrons. The second-order valence-corrected chi connectivity index (χ2v) is 6.69. The summed E-state index contributed by atoms with van der Waals surface area (Å²) in [6, 6.07) is 3.08. The molecular formula is C18H12F7N3O5. The van der Waals surface area contributed by atoms with Gasteiger partial charge in [0.25, 0.3) is 17.4 Å². The van der Waals surface area contributed by atoms with Gasteiger partial charge in [-0.1, -0.05) is 0 Å². The van der Waals surface area contributed by atoms with Gasteiger partial charge < -0.3 is 15.2 Å². The first-order chi connectivity index (χ1) is 15.2. The van der Waals surface area contributed by atoms with Crippen molar-refractivity contribution < 1.29 is 49.8 Å². The van der Waals surface area contributed by atoms with E-state index in [0.29, 0.717) is 10.6 Å². The number of rotatable bonds is 7. The summed E-state index contributed by atoms with van der Waals surface area (Å²) in [5.41, 5.74) is 3.62. The van der Waals surface area contributed by atoms with Crippen LogP contribution < -0.4 is 26.1 Å². The number of nitrogens with two attached hydrogens (primary N) is 1. The van der Waals surface area contributed by atoms with Crippen LogP contribution in [0.5, 0.6) is 11.5 Å². The molecule has 0 atom stereocenters. The Morgan fingerprint density at radius 3 is 2.03 bits per heavy atom. The number of anilines is 1. The van der Waals surface area contributed by atoms with Gasteiger partial charge in [0.2, 0.25) is 0 Å². The van der Waals surface area contributed by atoms with Crippen LogP contribution in [-0.2, 0) is 0 Å². The second kappa shape index (κ2) is 8.29. The van der Waals surface area contributed by atoms with Gasteiger partial charge >= 0.3 is 18.5 Å². The fourth-order valence-corrected chi connectivity index (χ4v) is 2.81. The van der Waals surface area contributed by atoms with Crippen LogP contribution in [0.1, 0.15) is 20.7 Å². The van der Waals surface area contributed by atoms with E-state index in [1.807, 2.05) is 5.32 Å². The third-order valence-electron chi connectivity index (χ3n) is 4.23. The van der Waals surface area contributed by atoms with E-state index in [-0.39, 0.29) is 5.56 Å². The summed E-state index contributed by atoms with van der Waals surface area (Å²) in [5, 5.41) is 1.90. The summed E-state index contributed by atoms with van der Waals surface area (Å²) in [4.78, 5) is 36.2. The minimum absolute atomic E-state index is 0.351. The van der Waals surface area contributed by atoms with E-state index < -0.39 is 77.7 Å². The molecule has 15 heteroatoms. The third-order valence-corrected chi connectivity index (χ3v) is 4.23. The lowest BCUT2D eigenvalue weighted by atomic mass is 10.1. The molecule has 0 radical (unpaired) electrons. The quantitative estimate of drug-likeness (QED) is 0.463. The molecule has 1 aromatic carbocycles. The molecule has 0 saturated carbocycles. The first-order valence-corrected chi connectivity index (χ1v) is 8.74. The van der Waals surface area contributed by atoms with E-state index >= 15 is 0 Å². The van der Waals surface area contributed by atoms with Gasteiger partial charge in [-0.15, -0.1) is 0 Å². The number of imide groups is 1. The number of pyridine rings is 1. The zero-order valence-corrected chi connectivity index (χ0v) is 16.0. The van der Waals surface area contributed by atoms with Crippen molar-refractivity contribution in [2.24, 2.45) is 0 Å². The highest BCUT2D eigenvalue weighted by Gasteiger charge is 2.42. The van der Waals surface area contributed by atoms with Crippen LogP contribution in [0.3, 0.4) is 0 Å².